The third kappa shape index (κ3) is 1.98. The highest BCUT2D eigenvalue weighted by Gasteiger charge is 2.29. The molecule has 0 bridgehead atoms. The number of likely N-dealkylation sites (tertiary alicyclic amines) is 1. The summed E-state index contributed by atoms with van der Waals surface area (Å²) in [6.07, 6.45) is 1.94. The van der Waals surface area contributed by atoms with Gasteiger partial charge in [-0.2, -0.15) is 0 Å². The minimum atomic E-state index is -0.135. The first-order valence-electron chi connectivity index (χ1n) is 4.22. The molecule has 1 aliphatic rings. The smallest absolute Gasteiger partial charge is 0.236 e. The summed E-state index contributed by atoms with van der Waals surface area (Å²) in [6.45, 7) is 2.69. The van der Waals surface area contributed by atoms with Crippen molar-refractivity contribution in [2.45, 2.75) is 30.6 Å². The number of hydrogen-bond acceptors (Lipinski definition) is 2. The first kappa shape index (κ1) is 9.99. The van der Waals surface area contributed by atoms with E-state index in [1.54, 1.807) is 4.90 Å². The monoisotopic (exact) mass is 235 g/mol. The van der Waals surface area contributed by atoms with Crippen molar-refractivity contribution in [2.24, 2.45) is 0 Å². The lowest BCUT2D eigenvalue weighted by atomic mass is 10.2. The molecular formula is C8H14BrNO2. The molecule has 3 nitrogen and oxygen atoms in total. The molecule has 0 aromatic carbocycles. The molecule has 0 aliphatic carbocycles. The van der Waals surface area contributed by atoms with Crippen molar-refractivity contribution in [3.8, 4) is 0 Å². The summed E-state index contributed by atoms with van der Waals surface area (Å²) in [5.41, 5.74) is 0. The molecule has 0 aromatic rings. The zero-order valence-corrected chi connectivity index (χ0v) is 8.75. The molecular weight excluding hydrogens is 222 g/mol. The fourth-order valence-electron chi connectivity index (χ4n) is 1.54. The van der Waals surface area contributed by atoms with Gasteiger partial charge in [0, 0.05) is 6.54 Å². The molecule has 1 unspecified atom stereocenters. The maximum atomic E-state index is 11.5. The Bertz CT molecular complexity index is 172. The van der Waals surface area contributed by atoms with Crippen LogP contribution in [0, 0.1) is 0 Å². The Morgan fingerprint density at radius 1 is 1.83 bits per heavy atom. The first-order valence-corrected chi connectivity index (χ1v) is 5.13. The highest BCUT2D eigenvalue weighted by molar-refractivity contribution is 9.10. The summed E-state index contributed by atoms with van der Waals surface area (Å²) in [5.74, 6) is 0.0894. The van der Waals surface area contributed by atoms with Gasteiger partial charge >= 0.3 is 0 Å². The van der Waals surface area contributed by atoms with E-state index < -0.39 is 0 Å². The Kier molecular flexibility index (Phi) is 3.53. The molecule has 1 amide bonds. The van der Waals surface area contributed by atoms with Gasteiger partial charge in [0.15, 0.2) is 0 Å². The van der Waals surface area contributed by atoms with Gasteiger partial charge in [0.25, 0.3) is 0 Å². The minimum Gasteiger partial charge on any atom is -0.394 e. The van der Waals surface area contributed by atoms with Gasteiger partial charge in [-0.3, -0.25) is 4.79 Å². The van der Waals surface area contributed by atoms with Crippen molar-refractivity contribution in [3.63, 3.8) is 0 Å². The molecule has 1 N–H and O–H groups in total. The van der Waals surface area contributed by atoms with Crippen molar-refractivity contribution in [1.29, 1.82) is 0 Å². The van der Waals surface area contributed by atoms with Crippen LogP contribution < -0.4 is 0 Å². The van der Waals surface area contributed by atoms with Crippen LogP contribution >= 0.6 is 15.9 Å². The average Bonchev–Trinajstić information content (AvgIpc) is 2.49. The van der Waals surface area contributed by atoms with Crippen LogP contribution in [0.3, 0.4) is 0 Å². The molecule has 1 heterocycles. The van der Waals surface area contributed by atoms with Crippen LogP contribution in [0.25, 0.3) is 0 Å². The van der Waals surface area contributed by atoms with Crippen molar-refractivity contribution in [3.05, 3.63) is 0 Å². The third-order valence-electron chi connectivity index (χ3n) is 2.21. The van der Waals surface area contributed by atoms with Gasteiger partial charge in [0.05, 0.1) is 17.5 Å². The molecule has 0 radical (unpaired) electrons. The summed E-state index contributed by atoms with van der Waals surface area (Å²) < 4.78 is 0. The number of aliphatic hydroxyl groups is 1. The lowest BCUT2D eigenvalue weighted by molar-refractivity contribution is -0.131. The summed E-state index contributed by atoms with van der Waals surface area (Å²) in [5, 5.41) is 8.96. The Labute approximate surface area is 80.9 Å². The molecule has 0 aromatic heterocycles. The number of carbonyl (C=O) groups is 1. The first-order chi connectivity index (χ1) is 5.66. The molecule has 2 atom stereocenters. The van der Waals surface area contributed by atoms with E-state index in [1.165, 1.54) is 0 Å². The highest BCUT2D eigenvalue weighted by atomic mass is 79.9. The van der Waals surface area contributed by atoms with Crippen LogP contribution in [0.5, 0.6) is 0 Å². The molecule has 1 fully saturated rings. The Balaban J connectivity index is 2.55. The van der Waals surface area contributed by atoms with Crippen LogP contribution in [-0.4, -0.2) is 39.9 Å². The number of alkyl halides is 1. The molecule has 70 valence electrons. The Morgan fingerprint density at radius 2 is 2.50 bits per heavy atom. The second-order valence-electron chi connectivity index (χ2n) is 3.13. The van der Waals surface area contributed by atoms with Crippen LogP contribution in [0.1, 0.15) is 19.8 Å². The predicted octanol–water partition coefficient (Wildman–Crippen LogP) is 0.753. The van der Waals surface area contributed by atoms with E-state index in [0.717, 1.165) is 19.4 Å². The lowest BCUT2D eigenvalue weighted by Crippen LogP contribution is -2.40. The van der Waals surface area contributed by atoms with Gasteiger partial charge < -0.3 is 10.0 Å². The standard InChI is InChI=1S/C8H14BrNO2/c1-6(9)8(12)10-4-2-3-7(10)5-11/h6-7,11H,2-5H2,1H3/t6?,7-/m1/s1. The third-order valence-corrected chi connectivity index (χ3v) is 2.60. The van der Waals surface area contributed by atoms with Crippen molar-refractivity contribution >= 4 is 21.8 Å². The van der Waals surface area contributed by atoms with E-state index in [9.17, 15) is 4.79 Å². The van der Waals surface area contributed by atoms with Crippen LogP contribution in [-0.2, 0) is 4.79 Å². The van der Waals surface area contributed by atoms with E-state index >= 15 is 0 Å². The summed E-state index contributed by atoms with van der Waals surface area (Å²) in [6, 6.07) is 0.0532. The molecule has 0 saturated carbocycles. The number of amides is 1. The Hall–Kier alpha value is -0.0900. The van der Waals surface area contributed by atoms with E-state index in [0.29, 0.717) is 0 Å². The van der Waals surface area contributed by atoms with Crippen LogP contribution in [0.4, 0.5) is 0 Å². The van der Waals surface area contributed by atoms with Crippen molar-refractivity contribution in [1.82, 2.24) is 4.90 Å². The van der Waals surface area contributed by atoms with E-state index in [-0.39, 0.29) is 23.4 Å². The molecule has 12 heavy (non-hydrogen) atoms. The number of carbonyl (C=O) groups excluding carboxylic acids is 1. The number of aliphatic hydroxyl groups excluding tert-OH is 1. The van der Waals surface area contributed by atoms with Crippen molar-refractivity contribution in [2.75, 3.05) is 13.2 Å². The number of halogens is 1. The molecule has 1 saturated heterocycles. The topological polar surface area (TPSA) is 40.5 Å². The SMILES string of the molecule is CC(Br)C(=O)N1CCC[C@@H]1CO. The average molecular weight is 236 g/mol. The van der Waals surface area contributed by atoms with Crippen LogP contribution in [0.15, 0.2) is 0 Å². The van der Waals surface area contributed by atoms with Gasteiger partial charge in [-0.25, -0.2) is 0 Å². The van der Waals surface area contributed by atoms with E-state index in [2.05, 4.69) is 15.9 Å². The number of hydrogen-bond donors (Lipinski definition) is 1. The van der Waals surface area contributed by atoms with Gasteiger partial charge in [0.2, 0.25) is 5.91 Å². The van der Waals surface area contributed by atoms with E-state index in [1.807, 2.05) is 6.92 Å². The van der Waals surface area contributed by atoms with Gasteiger partial charge in [-0.05, 0) is 19.8 Å². The highest BCUT2D eigenvalue weighted by Crippen LogP contribution is 2.19. The maximum Gasteiger partial charge on any atom is 0.236 e. The van der Waals surface area contributed by atoms with Crippen LogP contribution in [0.2, 0.25) is 0 Å². The molecule has 4 heteroatoms. The van der Waals surface area contributed by atoms with Gasteiger partial charge in [-0.15, -0.1) is 0 Å². The zero-order valence-electron chi connectivity index (χ0n) is 7.16. The fourth-order valence-corrected chi connectivity index (χ4v) is 1.81. The van der Waals surface area contributed by atoms with Gasteiger partial charge in [-0.1, -0.05) is 15.9 Å². The summed E-state index contributed by atoms with van der Waals surface area (Å²) >= 11 is 3.23. The minimum absolute atomic E-state index is 0.0532. The largest absolute Gasteiger partial charge is 0.394 e. The second-order valence-corrected chi connectivity index (χ2v) is 4.50. The predicted molar refractivity (Wildman–Crippen MR) is 50.2 cm³/mol. The summed E-state index contributed by atoms with van der Waals surface area (Å²) in [4.78, 5) is 13.1. The zero-order chi connectivity index (χ0) is 9.14. The number of rotatable bonds is 2. The Morgan fingerprint density at radius 3 is 3.00 bits per heavy atom. The second kappa shape index (κ2) is 4.23. The lowest BCUT2D eigenvalue weighted by Gasteiger charge is -2.24. The number of nitrogens with zero attached hydrogens (tertiary/aromatic N) is 1. The quantitative estimate of drug-likeness (QED) is 0.719. The maximum absolute atomic E-state index is 11.5. The summed E-state index contributed by atoms with van der Waals surface area (Å²) in [7, 11) is 0. The fraction of sp³-hybridized carbons (Fsp3) is 0.875. The normalized spacial score (nSPS) is 25.9. The molecule has 0 spiro atoms. The van der Waals surface area contributed by atoms with Gasteiger partial charge in [0.1, 0.15) is 0 Å². The molecule has 1 aliphatic heterocycles. The molecule has 1 rings (SSSR count). The van der Waals surface area contributed by atoms with Crippen molar-refractivity contribution < 1.29 is 9.90 Å². The van der Waals surface area contributed by atoms with E-state index in [4.69, 9.17) is 5.11 Å².